The van der Waals surface area contributed by atoms with E-state index >= 15 is 0 Å². The molecule has 5 amide bonds. The highest BCUT2D eigenvalue weighted by molar-refractivity contribution is 9.11. The van der Waals surface area contributed by atoms with Gasteiger partial charge in [0.25, 0.3) is 5.91 Å². The first-order valence-electron chi connectivity index (χ1n) is 14.9. The van der Waals surface area contributed by atoms with Crippen LogP contribution in [0.15, 0.2) is 8.94 Å². The number of hydrazine groups is 1. The van der Waals surface area contributed by atoms with Crippen LogP contribution in [0.5, 0.6) is 0 Å². The largest absolute Gasteiger partial charge is 0.479 e. The minimum atomic E-state index is -2.04. The number of aromatic nitrogens is 1. The summed E-state index contributed by atoms with van der Waals surface area (Å²) < 4.78 is 10.8. The lowest BCUT2D eigenvalue weighted by Gasteiger charge is -2.41. The normalized spacial score (nSPS) is 22.9. The van der Waals surface area contributed by atoms with Gasteiger partial charge in [0.1, 0.15) is 32.1 Å². The van der Waals surface area contributed by atoms with E-state index < -0.39 is 87.0 Å². The van der Waals surface area contributed by atoms with E-state index in [-0.39, 0.29) is 27.7 Å². The molecule has 5 N–H and O–H groups in total. The van der Waals surface area contributed by atoms with Crippen LogP contribution in [-0.4, -0.2) is 125 Å². The standard InChI is InChI=1S/C28H37BrN8O11S2/c1-25(2,3)46-22(44)27(7,8)48-34-13(12-15(29)49-23(32-12)33-24(45)47-26(4,5)6)16(38)31-14-17(39)35-11-28(21(42)43,50-20(14)35)36-9-10-37(30)19(41)18(36)40/h14,20H,9-11,30H2,1-8H3,(H,31,38)(H,42,43)(H,32,33,45)/b34-13-/t14-,20-,28-/m1/s1. The van der Waals surface area contributed by atoms with Crippen LogP contribution in [-0.2, 0) is 43.1 Å². The van der Waals surface area contributed by atoms with Gasteiger partial charge in [0.2, 0.25) is 16.4 Å². The first-order chi connectivity index (χ1) is 22.9. The third-order valence-corrected chi connectivity index (χ3v) is 10.3. The lowest BCUT2D eigenvalue weighted by molar-refractivity contribution is -0.179. The van der Waals surface area contributed by atoms with Gasteiger partial charge in [-0.15, -0.1) is 0 Å². The van der Waals surface area contributed by atoms with Crippen LogP contribution in [0.1, 0.15) is 61.1 Å². The fraction of sp³-hybridized carbons (Fsp3) is 0.607. The van der Waals surface area contributed by atoms with Gasteiger partial charge in [0.15, 0.2) is 10.8 Å². The molecule has 1 aromatic heterocycles. The number of nitrogens with zero attached hydrogens (tertiary/aromatic N) is 5. The van der Waals surface area contributed by atoms with Gasteiger partial charge < -0.3 is 34.5 Å². The summed E-state index contributed by atoms with van der Waals surface area (Å²) in [5, 5.41) is 18.9. The lowest BCUT2D eigenvalue weighted by atomic mass is 10.0. The molecule has 0 unspecified atom stereocenters. The van der Waals surface area contributed by atoms with Crippen molar-refractivity contribution in [2.75, 3.05) is 25.0 Å². The number of oxime groups is 1. The smallest absolute Gasteiger partial charge is 0.413 e. The highest BCUT2D eigenvalue weighted by Crippen LogP contribution is 2.49. The Balaban J connectivity index is 1.62. The summed E-state index contributed by atoms with van der Waals surface area (Å²) in [7, 11) is 0. The zero-order valence-electron chi connectivity index (χ0n) is 28.3. The molecule has 3 aliphatic heterocycles. The number of thiazole rings is 1. The van der Waals surface area contributed by atoms with Crippen molar-refractivity contribution in [2.24, 2.45) is 11.0 Å². The number of amides is 5. The Morgan fingerprint density at radius 3 is 2.22 bits per heavy atom. The molecule has 3 atom stereocenters. The third-order valence-electron chi connectivity index (χ3n) is 7.04. The van der Waals surface area contributed by atoms with Crippen LogP contribution in [0, 0.1) is 0 Å². The molecule has 0 bridgehead atoms. The summed E-state index contributed by atoms with van der Waals surface area (Å²) in [6, 6.07) is -1.31. The minimum absolute atomic E-state index is 0.00620. The van der Waals surface area contributed by atoms with E-state index in [1.54, 1.807) is 41.5 Å². The molecule has 19 nitrogen and oxygen atoms in total. The Morgan fingerprint density at radius 1 is 1.02 bits per heavy atom. The van der Waals surface area contributed by atoms with Crippen molar-refractivity contribution >= 4 is 91.5 Å². The number of thioether (sulfide) groups is 1. The van der Waals surface area contributed by atoms with Gasteiger partial charge >= 0.3 is 29.8 Å². The fourth-order valence-corrected chi connectivity index (χ4v) is 7.75. The molecule has 0 saturated carbocycles. The summed E-state index contributed by atoms with van der Waals surface area (Å²) in [5.41, 5.74) is -4.10. The van der Waals surface area contributed by atoms with Gasteiger partial charge in [0, 0.05) is 6.54 Å². The molecule has 0 aromatic carbocycles. The van der Waals surface area contributed by atoms with Gasteiger partial charge in [-0.25, -0.2) is 25.2 Å². The number of nitrogens with one attached hydrogen (secondary N) is 2. The fourth-order valence-electron chi connectivity index (χ4n) is 4.69. The predicted octanol–water partition coefficient (Wildman–Crippen LogP) is 0.819. The Labute approximate surface area is 302 Å². The molecule has 4 rings (SSSR count). The second kappa shape index (κ2) is 13.6. The van der Waals surface area contributed by atoms with Crippen LogP contribution in [0.2, 0.25) is 0 Å². The number of piperazine rings is 1. The Kier molecular flexibility index (Phi) is 10.5. The molecule has 3 aliphatic rings. The van der Waals surface area contributed by atoms with Crippen molar-refractivity contribution < 1.29 is 53.0 Å². The van der Waals surface area contributed by atoms with Gasteiger partial charge in [-0.1, -0.05) is 28.3 Å². The Morgan fingerprint density at radius 2 is 1.64 bits per heavy atom. The summed E-state index contributed by atoms with van der Waals surface area (Å²) in [5.74, 6) is -0.688. The number of rotatable bonds is 9. The van der Waals surface area contributed by atoms with Gasteiger partial charge in [-0.2, -0.15) is 0 Å². The topological polar surface area (TPSA) is 252 Å². The predicted molar refractivity (Wildman–Crippen MR) is 180 cm³/mol. The van der Waals surface area contributed by atoms with Crippen molar-refractivity contribution in [3.8, 4) is 0 Å². The number of carbonyl (C=O) groups is 7. The first kappa shape index (κ1) is 38.8. The number of hydrogen-bond acceptors (Lipinski definition) is 15. The van der Waals surface area contributed by atoms with Gasteiger partial charge in [-0.05, 0) is 71.3 Å². The van der Waals surface area contributed by atoms with Crippen molar-refractivity contribution in [1.82, 2.24) is 25.1 Å². The number of carboxylic acids is 1. The van der Waals surface area contributed by atoms with E-state index in [2.05, 4.69) is 36.7 Å². The number of halogens is 1. The zero-order chi connectivity index (χ0) is 37.7. The van der Waals surface area contributed by atoms with Crippen molar-refractivity contribution in [3.05, 3.63) is 9.48 Å². The van der Waals surface area contributed by atoms with Crippen molar-refractivity contribution in [1.29, 1.82) is 0 Å². The second-order valence-corrected chi connectivity index (χ2v) is 17.5. The molecule has 0 spiro atoms. The maximum absolute atomic E-state index is 13.9. The van der Waals surface area contributed by atoms with Gasteiger partial charge in [-0.3, -0.25) is 29.5 Å². The number of fused-ring (bicyclic) bond motifs is 1. The monoisotopic (exact) mass is 804 g/mol. The Bertz CT molecular complexity index is 1670. The first-order valence-corrected chi connectivity index (χ1v) is 17.4. The number of carboxylic acid groups (broad SMARTS) is 1. The number of nitrogens with two attached hydrogens (primary N) is 1. The van der Waals surface area contributed by atoms with Crippen LogP contribution in [0.25, 0.3) is 0 Å². The van der Waals surface area contributed by atoms with Crippen LogP contribution in [0.3, 0.4) is 0 Å². The van der Waals surface area contributed by atoms with E-state index in [0.717, 1.165) is 21.1 Å². The number of β-lactam (4-membered cyclic amide) rings is 1. The summed E-state index contributed by atoms with van der Waals surface area (Å²) in [6.07, 6.45) is -0.830. The summed E-state index contributed by atoms with van der Waals surface area (Å²) in [6.45, 7) is 11.9. The average Bonchev–Trinajstić information content (AvgIpc) is 3.51. The molecular formula is C28H37BrN8O11S2. The molecule has 0 radical (unpaired) electrons. The second-order valence-electron chi connectivity index (χ2n) is 13.8. The average molecular weight is 806 g/mol. The molecule has 274 valence electrons. The zero-order valence-corrected chi connectivity index (χ0v) is 31.5. The SMILES string of the molecule is CC(C)(C)OC(=O)Nc1nc(/C(=N/OC(C)(C)C(=O)OC(C)(C)C)C(=O)N[C@@H]2C(=O)N3C[C@@](C(=O)O)(N4CCN(N)C(=O)C4=O)S[C@H]23)c(Br)s1. The highest BCUT2D eigenvalue weighted by Gasteiger charge is 2.66. The van der Waals surface area contributed by atoms with E-state index in [1.807, 2.05) is 0 Å². The highest BCUT2D eigenvalue weighted by atomic mass is 79.9. The maximum Gasteiger partial charge on any atom is 0.413 e. The molecule has 0 aliphatic carbocycles. The maximum atomic E-state index is 13.9. The van der Waals surface area contributed by atoms with E-state index in [9.17, 15) is 38.7 Å². The van der Waals surface area contributed by atoms with Crippen molar-refractivity contribution in [2.45, 2.75) is 88.5 Å². The number of hydrogen-bond donors (Lipinski definition) is 4. The van der Waals surface area contributed by atoms with Crippen LogP contribution >= 0.6 is 39.0 Å². The number of anilines is 1. The number of ether oxygens (including phenoxy) is 2. The molecule has 3 fully saturated rings. The third kappa shape index (κ3) is 7.97. The molecule has 50 heavy (non-hydrogen) atoms. The molecule has 3 saturated heterocycles. The number of aliphatic carboxylic acids is 1. The van der Waals surface area contributed by atoms with E-state index in [4.69, 9.17) is 20.2 Å². The van der Waals surface area contributed by atoms with Gasteiger partial charge in [0.05, 0.1) is 13.1 Å². The van der Waals surface area contributed by atoms with E-state index in [1.165, 1.54) is 13.8 Å². The minimum Gasteiger partial charge on any atom is -0.479 e. The molecule has 1 aromatic rings. The summed E-state index contributed by atoms with van der Waals surface area (Å²) >= 11 is 4.91. The lowest BCUT2D eigenvalue weighted by Crippen LogP contribution is -2.69. The van der Waals surface area contributed by atoms with Crippen LogP contribution < -0.4 is 16.5 Å². The van der Waals surface area contributed by atoms with Crippen molar-refractivity contribution in [3.63, 3.8) is 0 Å². The molecular weight excluding hydrogens is 768 g/mol. The Hall–Kier alpha value is -4.02. The quantitative estimate of drug-likeness (QED) is 0.0513. The number of esters is 1. The van der Waals surface area contributed by atoms with E-state index in [0.29, 0.717) is 16.8 Å². The molecule has 4 heterocycles. The van der Waals surface area contributed by atoms with Crippen LogP contribution in [0.4, 0.5) is 9.93 Å². The summed E-state index contributed by atoms with van der Waals surface area (Å²) in [4.78, 5) is 99.8. The number of carbonyl (C=O) groups excluding carboxylic acids is 6. The molecule has 22 heteroatoms.